The Labute approximate surface area is 174 Å². The Morgan fingerprint density at radius 2 is 2.11 bits per heavy atom. The van der Waals surface area contributed by atoms with E-state index in [1.54, 1.807) is 11.3 Å². The third-order valence-electron chi connectivity index (χ3n) is 4.60. The van der Waals surface area contributed by atoms with Gasteiger partial charge in [0.05, 0.1) is 10.6 Å². The Hall–Kier alpha value is -1.37. The minimum atomic E-state index is -0.111. The van der Waals surface area contributed by atoms with Crippen LogP contribution < -0.4 is 10.6 Å². The van der Waals surface area contributed by atoms with Crippen molar-refractivity contribution < 1.29 is 0 Å². The van der Waals surface area contributed by atoms with Crippen LogP contribution in [0.5, 0.6) is 0 Å². The summed E-state index contributed by atoms with van der Waals surface area (Å²) in [6, 6.07) is 10.1. The molecule has 0 aliphatic carbocycles. The van der Waals surface area contributed by atoms with Gasteiger partial charge >= 0.3 is 0 Å². The van der Waals surface area contributed by atoms with Gasteiger partial charge in [-0.1, -0.05) is 35.3 Å². The molecule has 1 unspecified atom stereocenters. The van der Waals surface area contributed by atoms with E-state index in [1.807, 2.05) is 32.3 Å². The van der Waals surface area contributed by atoms with Crippen molar-refractivity contribution in [3.8, 4) is 0 Å². The number of hydrogen-bond donors (Lipinski definition) is 2. The van der Waals surface area contributed by atoms with Crippen molar-refractivity contribution in [2.45, 2.75) is 25.2 Å². The first-order chi connectivity index (χ1) is 13.1. The summed E-state index contributed by atoms with van der Waals surface area (Å²) in [5.74, 6) is 0. The molecule has 0 bridgehead atoms. The zero-order chi connectivity index (χ0) is 19.2. The maximum Gasteiger partial charge on any atom is 0.176 e. The van der Waals surface area contributed by atoms with Crippen LogP contribution in [0.25, 0.3) is 0 Å². The third-order valence-corrected chi connectivity index (χ3v) is 6.08. The van der Waals surface area contributed by atoms with Crippen LogP contribution >= 0.6 is 34.5 Å². The normalized spacial score (nSPS) is 17.9. The highest BCUT2D eigenvalue weighted by Crippen LogP contribution is 2.26. The molecule has 0 spiro atoms. The molecule has 1 aliphatic heterocycles. The van der Waals surface area contributed by atoms with Crippen LogP contribution in [-0.2, 0) is 6.42 Å². The van der Waals surface area contributed by atoms with E-state index in [9.17, 15) is 0 Å². The van der Waals surface area contributed by atoms with E-state index in [1.165, 1.54) is 4.88 Å². The molecule has 27 heavy (non-hydrogen) atoms. The van der Waals surface area contributed by atoms with Crippen molar-refractivity contribution in [2.75, 3.05) is 20.6 Å². The van der Waals surface area contributed by atoms with Gasteiger partial charge in [-0.3, -0.25) is 5.32 Å². The van der Waals surface area contributed by atoms with Gasteiger partial charge < -0.3 is 10.2 Å². The number of nitrogens with zero attached hydrogens (tertiary/aromatic N) is 2. The molecule has 144 valence electrons. The Bertz CT molecular complexity index is 804. The maximum atomic E-state index is 6.43. The largest absolute Gasteiger partial charge is 0.341 e. The van der Waals surface area contributed by atoms with Gasteiger partial charge in [0, 0.05) is 22.3 Å². The standard InChI is InChI=1S/C20H24Cl2N4S/c1-23-9-7-16(12-14-5-6-15(21)13-17(14)22)26-10-8-18(25-20(26)24-2)19-4-3-11-27-19/h3-6,8,10-11,13,16,20,23-24H,7,9,12H2,1-2H3/t16-,20?/m1/s1. The smallest absolute Gasteiger partial charge is 0.176 e. The van der Waals surface area contributed by atoms with Crippen LogP contribution in [0.3, 0.4) is 0 Å². The number of rotatable bonds is 8. The highest BCUT2D eigenvalue weighted by atomic mass is 35.5. The molecule has 2 heterocycles. The lowest BCUT2D eigenvalue weighted by Gasteiger charge is -2.37. The molecule has 1 aliphatic rings. The molecule has 1 aromatic heterocycles. The summed E-state index contributed by atoms with van der Waals surface area (Å²) in [5.41, 5.74) is 2.11. The van der Waals surface area contributed by atoms with Crippen molar-refractivity contribution >= 4 is 40.3 Å². The zero-order valence-corrected chi connectivity index (χ0v) is 17.8. The topological polar surface area (TPSA) is 39.7 Å². The molecule has 0 saturated heterocycles. The van der Waals surface area contributed by atoms with Crippen LogP contribution in [0.2, 0.25) is 10.0 Å². The number of nitrogens with one attached hydrogen (secondary N) is 2. The fraction of sp³-hybridized carbons (Fsp3) is 0.350. The van der Waals surface area contributed by atoms with E-state index in [0.29, 0.717) is 10.0 Å². The van der Waals surface area contributed by atoms with Gasteiger partial charge in [0.15, 0.2) is 6.29 Å². The Kier molecular flexibility index (Phi) is 7.33. The van der Waals surface area contributed by atoms with E-state index < -0.39 is 0 Å². The fourth-order valence-electron chi connectivity index (χ4n) is 3.19. The van der Waals surface area contributed by atoms with Gasteiger partial charge in [0.25, 0.3) is 0 Å². The number of hydrogen-bond acceptors (Lipinski definition) is 5. The van der Waals surface area contributed by atoms with Gasteiger partial charge in [-0.15, -0.1) is 11.3 Å². The Morgan fingerprint density at radius 1 is 1.26 bits per heavy atom. The summed E-state index contributed by atoms with van der Waals surface area (Å²) < 4.78 is 0. The van der Waals surface area contributed by atoms with Crippen LogP contribution in [0, 0.1) is 0 Å². The van der Waals surface area contributed by atoms with E-state index in [2.05, 4.69) is 45.3 Å². The average molecular weight is 423 g/mol. The van der Waals surface area contributed by atoms with Crippen LogP contribution in [0.1, 0.15) is 16.9 Å². The van der Waals surface area contributed by atoms with Gasteiger partial charge in [-0.05, 0) is 68.7 Å². The molecule has 0 fully saturated rings. The number of halogens is 2. The summed E-state index contributed by atoms with van der Waals surface area (Å²) in [6.45, 7) is 0.915. The van der Waals surface area contributed by atoms with E-state index in [-0.39, 0.29) is 12.3 Å². The van der Waals surface area contributed by atoms with Crippen molar-refractivity contribution in [3.05, 3.63) is 68.5 Å². The summed E-state index contributed by atoms with van der Waals surface area (Å²) in [6.07, 6.45) is 5.93. The number of thiophene rings is 1. The molecular formula is C20H24Cl2N4S. The summed E-state index contributed by atoms with van der Waals surface area (Å²) in [5, 5.41) is 10.0. The second-order valence-corrected chi connectivity index (χ2v) is 8.19. The lowest BCUT2D eigenvalue weighted by molar-refractivity contribution is 0.173. The van der Waals surface area contributed by atoms with E-state index in [4.69, 9.17) is 28.2 Å². The van der Waals surface area contributed by atoms with Gasteiger partial charge in [-0.2, -0.15) is 0 Å². The van der Waals surface area contributed by atoms with Gasteiger partial charge in [-0.25, -0.2) is 4.99 Å². The lowest BCUT2D eigenvalue weighted by atomic mass is 10.0. The van der Waals surface area contributed by atoms with Crippen molar-refractivity contribution in [1.82, 2.24) is 15.5 Å². The highest BCUT2D eigenvalue weighted by Gasteiger charge is 2.26. The summed E-state index contributed by atoms with van der Waals surface area (Å²) >= 11 is 14.2. The predicted molar refractivity (Wildman–Crippen MR) is 117 cm³/mol. The molecule has 0 saturated carbocycles. The first-order valence-corrected chi connectivity index (χ1v) is 10.6. The molecular weight excluding hydrogens is 399 g/mol. The first-order valence-electron chi connectivity index (χ1n) is 8.95. The van der Waals surface area contributed by atoms with Crippen LogP contribution in [0.4, 0.5) is 0 Å². The Morgan fingerprint density at radius 3 is 2.78 bits per heavy atom. The predicted octanol–water partition coefficient (Wildman–Crippen LogP) is 4.40. The summed E-state index contributed by atoms with van der Waals surface area (Å²) in [7, 11) is 3.91. The molecule has 7 heteroatoms. The van der Waals surface area contributed by atoms with Crippen molar-refractivity contribution in [3.63, 3.8) is 0 Å². The van der Waals surface area contributed by atoms with Crippen molar-refractivity contribution in [1.29, 1.82) is 0 Å². The molecule has 2 atom stereocenters. The fourth-order valence-corrected chi connectivity index (χ4v) is 4.38. The van der Waals surface area contributed by atoms with E-state index in [0.717, 1.165) is 30.7 Å². The quantitative estimate of drug-likeness (QED) is 0.661. The van der Waals surface area contributed by atoms with Gasteiger partial charge in [0.2, 0.25) is 0 Å². The monoisotopic (exact) mass is 422 g/mol. The maximum absolute atomic E-state index is 6.43. The number of allylic oxidation sites excluding steroid dienone is 1. The highest BCUT2D eigenvalue weighted by molar-refractivity contribution is 7.12. The second kappa shape index (κ2) is 9.71. The molecule has 4 nitrogen and oxygen atoms in total. The molecule has 2 aromatic rings. The zero-order valence-electron chi connectivity index (χ0n) is 15.5. The minimum Gasteiger partial charge on any atom is -0.341 e. The molecule has 3 rings (SSSR count). The van der Waals surface area contributed by atoms with Gasteiger partial charge in [0.1, 0.15) is 0 Å². The summed E-state index contributed by atoms with van der Waals surface area (Å²) in [4.78, 5) is 8.37. The molecule has 0 amide bonds. The molecule has 0 radical (unpaired) electrons. The number of benzene rings is 1. The number of aliphatic imine (C=N–C) groups is 1. The SMILES string of the molecule is CNCC[C@H](Cc1ccc(Cl)cc1Cl)N1C=CC(c2cccs2)=NC1NC. The average Bonchev–Trinajstić information content (AvgIpc) is 3.21. The first kappa shape index (κ1) is 20.4. The Balaban J connectivity index is 1.82. The second-order valence-electron chi connectivity index (χ2n) is 6.40. The molecule has 1 aromatic carbocycles. The van der Waals surface area contributed by atoms with Crippen LogP contribution in [0.15, 0.2) is 53.0 Å². The third kappa shape index (κ3) is 5.12. The minimum absolute atomic E-state index is 0.111. The lowest BCUT2D eigenvalue weighted by Crippen LogP contribution is -2.49. The molecule has 2 N–H and O–H groups in total. The van der Waals surface area contributed by atoms with Crippen molar-refractivity contribution in [2.24, 2.45) is 4.99 Å². The van der Waals surface area contributed by atoms with E-state index >= 15 is 0 Å². The van der Waals surface area contributed by atoms with Crippen LogP contribution in [-0.4, -0.2) is 43.6 Å².